The summed E-state index contributed by atoms with van der Waals surface area (Å²) in [6, 6.07) is 4.25. The number of carbonyl (C=O) groups excluding carboxylic acids is 1. The van der Waals surface area contributed by atoms with Crippen molar-refractivity contribution in [3.8, 4) is 0 Å². The van der Waals surface area contributed by atoms with E-state index in [1.165, 1.54) is 17.0 Å². The van der Waals surface area contributed by atoms with Crippen molar-refractivity contribution in [2.45, 2.75) is 13.0 Å². The van der Waals surface area contributed by atoms with Gasteiger partial charge in [0.2, 0.25) is 0 Å². The quantitative estimate of drug-likeness (QED) is 0.928. The van der Waals surface area contributed by atoms with Crippen LogP contribution in [0.25, 0.3) is 0 Å². The maximum Gasteiger partial charge on any atom is 0.256 e. The molecule has 1 aromatic rings. The Morgan fingerprint density at radius 3 is 2.65 bits per heavy atom. The number of halogens is 3. The number of benzene rings is 1. The van der Waals surface area contributed by atoms with E-state index in [9.17, 15) is 9.18 Å². The lowest BCUT2D eigenvalue weighted by Gasteiger charge is -2.23. The van der Waals surface area contributed by atoms with Crippen LogP contribution in [0.3, 0.4) is 0 Å². The van der Waals surface area contributed by atoms with E-state index in [0.717, 1.165) is 0 Å². The van der Waals surface area contributed by atoms with Crippen LogP contribution in [-0.4, -0.2) is 30.4 Å². The molecule has 1 amide bonds. The average molecular weight is 326 g/mol. The predicted octanol–water partition coefficient (Wildman–Crippen LogP) is 2.43. The molecule has 0 spiro atoms. The van der Waals surface area contributed by atoms with Crippen LogP contribution >= 0.6 is 28.3 Å². The summed E-state index contributed by atoms with van der Waals surface area (Å²) in [6.45, 7) is 2.16. The van der Waals surface area contributed by atoms with Crippen molar-refractivity contribution in [1.82, 2.24) is 4.90 Å². The molecule has 6 heteroatoms. The van der Waals surface area contributed by atoms with E-state index >= 15 is 0 Å². The van der Waals surface area contributed by atoms with Gasteiger partial charge in [-0.2, -0.15) is 0 Å². The lowest BCUT2D eigenvalue weighted by atomic mass is 10.1. The number of nitrogens with two attached hydrogens (primary N) is 1. The van der Waals surface area contributed by atoms with E-state index in [2.05, 4.69) is 15.9 Å². The van der Waals surface area contributed by atoms with Gasteiger partial charge in [0.15, 0.2) is 0 Å². The molecule has 96 valence electrons. The number of amides is 1. The van der Waals surface area contributed by atoms with Gasteiger partial charge in [-0.25, -0.2) is 4.39 Å². The Balaban J connectivity index is 0.00000256. The fourth-order valence-corrected chi connectivity index (χ4v) is 1.54. The molecule has 2 N–H and O–H groups in total. The van der Waals surface area contributed by atoms with Crippen molar-refractivity contribution >= 4 is 34.2 Å². The summed E-state index contributed by atoms with van der Waals surface area (Å²) in [5.74, 6) is -0.890. The summed E-state index contributed by atoms with van der Waals surface area (Å²) in [5, 5.41) is 0. The highest BCUT2D eigenvalue weighted by Gasteiger charge is 2.19. The zero-order chi connectivity index (χ0) is 12.3. The van der Waals surface area contributed by atoms with Crippen LogP contribution in [-0.2, 0) is 0 Å². The summed E-state index contributed by atoms with van der Waals surface area (Å²) >= 11 is 3.14. The third-order valence-corrected chi connectivity index (χ3v) is 2.98. The van der Waals surface area contributed by atoms with E-state index in [0.29, 0.717) is 11.0 Å². The maximum atomic E-state index is 13.5. The smallest absolute Gasteiger partial charge is 0.256 e. The molecule has 0 aliphatic rings. The molecule has 0 aliphatic heterocycles. The van der Waals surface area contributed by atoms with Crippen LogP contribution in [0.15, 0.2) is 22.7 Å². The first-order chi connectivity index (χ1) is 7.47. The lowest BCUT2D eigenvalue weighted by Crippen LogP contribution is -2.40. The Hall–Kier alpha value is -0.650. The largest absolute Gasteiger partial charge is 0.338 e. The van der Waals surface area contributed by atoms with Gasteiger partial charge in [-0.05, 0) is 25.1 Å². The Labute approximate surface area is 115 Å². The molecule has 0 heterocycles. The van der Waals surface area contributed by atoms with Crippen LogP contribution in [0.4, 0.5) is 4.39 Å². The van der Waals surface area contributed by atoms with E-state index in [-0.39, 0.29) is 29.9 Å². The minimum atomic E-state index is -0.532. The maximum absolute atomic E-state index is 13.5. The number of carbonyl (C=O) groups is 1. The molecule has 17 heavy (non-hydrogen) atoms. The molecule has 0 saturated carbocycles. The van der Waals surface area contributed by atoms with Crippen molar-refractivity contribution in [2.75, 3.05) is 13.6 Å². The summed E-state index contributed by atoms with van der Waals surface area (Å²) in [4.78, 5) is 13.3. The number of likely N-dealkylation sites (N-methyl/N-ethyl adjacent to an activating group) is 1. The van der Waals surface area contributed by atoms with E-state index < -0.39 is 5.82 Å². The standard InChI is InChI=1S/C11H14BrFN2O.ClH/c1-7(6-14)15(2)11(16)9-4-3-8(12)5-10(9)13;/h3-5,7H,6,14H2,1-2H3;1H. The zero-order valence-electron chi connectivity index (χ0n) is 9.61. The van der Waals surface area contributed by atoms with Crippen LogP contribution in [0.1, 0.15) is 17.3 Å². The van der Waals surface area contributed by atoms with Crippen LogP contribution in [0, 0.1) is 5.82 Å². The Morgan fingerprint density at radius 1 is 1.59 bits per heavy atom. The first-order valence-electron chi connectivity index (χ1n) is 4.89. The topological polar surface area (TPSA) is 46.3 Å². The van der Waals surface area contributed by atoms with Crippen molar-refractivity contribution in [3.63, 3.8) is 0 Å². The van der Waals surface area contributed by atoms with Crippen LogP contribution in [0.2, 0.25) is 0 Å². The number of nitrogens with zero attached hydrogens (tertiary/aromatic N) is 1. The Bertz CT molecular complexity index is 403. The van der Waals surface area contributed by atoms with Crippen molar-refractivity contribution in [2.24, 2.45) is 5.73 Å². The van der Waals surface area contributed by atoms with Gasteiger partial charge >= 0.3 is 0 Å². The highest BCUT2D eigenvalue weighted by molar-refractivity contribution is 9.10. The monoisotopic (exact) mass is 324 g/mol. The molecular formula is C11H15BrClFN2O. The second kappa shape index (κ2) is 6.93. The van der Waals surface area contributed by atoms with Crippen molar-refractivity contribution in [1.29, 1.82) is 0 Å². The SMILES string of the molecule is CC(CN)N(C)C(=O)c1ccc(Br)cc1F.Cl. The van der Waals surface area contributed by atoms with Crippen molar-refractivity contribution in [3.05, 3.63) is 34.1 Å². The molecule has 0 aromatic heterocycles. The molecule has 1 atom stereocenters. The summed E-state index contributed by atoms with van der Waals surface area (Å²) in [5.41, 5.74) is 5.52. The normalized spacial score (nSPS) is 11.6. The molecule has 3 nitrogen and oxygen atoms in total. The van der Waals surface area contributed by atoms with Gasteiger partial charge in [-0.3, -0.25) is 4.79 Å². The van der Waals surface area contributed by atoms with Gasteiger partial charge in [0.1, 0.15) is 5.82 Å². The number of hydrogen-bond acceptors (Lipinski definition) is 2. The first kappa shape index (κ1) is 16.4. The molecule has 1 unspecified atom stereocenters. The summed E-state index contributed by atoms with van der Waals surface area (Å²) < 4.78 is 14.1. The third kappa shape index (κ3) is 3.94. The van der Waals surface area contributed by atoms with Gasteiger partial charge in [0.05, 0.1) is 5.56 Å². The lowest BCUT2D eigenvalue weighted by molar-refractivity contribution is 0.0743. The van der Waals surface area contributed by atoms with Gasteiger partial charge in [-0.15, -0.1) is 12.4 Å². The fourth-order valence-electron chi connectivity index (χ4n) is 1.21. The second-order valence-corrected chi connectivity index (χ2v) is 4.54. The third-order valence-electron chi connectivity index (χ3n) is 2.48. The molecule has 0 fully saturated rings. The zero-order valence-corrected chi connectivity index (χ0v) is 12.0. The summed E-state index contributed by atoms with van der Waals surface area (Å²) in [6.07, 6.45) is 0. The molecule has 1 aromatic carbocycles. The highest BCUT2D eigenvalue weighted by Crippen LogP contribution is 2.17. The second-order valence-electron chi connectivity index (χ2n) is 3.62. The molecule has 0 radical (unpaired) electrons. The molecular weight excluding hydrogens is 310 g/mol. The fraction of sp³-hybridized carbons (Fsp3) is 0.364. The van der Waals surface area contributed by atoms with Gasteiger partial charge < -0.3 is 10.6 Å². The summed E-state index contributed by atoms with van der Waals surface area (Å²) in [7, 11) is 1.61. The van der Waals surface area contributed by atoms with E-state index in [1.54, 1.807) is 13.1 Å². The minimum Gasteiger partial charge on any atom is -0.338 e. The van der Waals surface area contributed by atoms with Crippen molar-refractivity contribution < 1.29 is 9.18 Å². The van der Waals surface area contributed by atoms with Crippen LogP contribution in [0.5, 0.6) is 0 Å². The van der Waals surface area contributed by atoms with Gasteiger partial charge in [0, 0.05) is 24.1 Å². The van der Waals surface area contributed by atoms with E-state index in [4.69, 9.17) is 5.73 Å². The molecule has 0 saturated heterocycles. The predicted molar refractivity (Wildman–Crippen MR) is 72.0 cm³/mol. The molecule has 0 bridgehead atoms. The Kier molecular flexibility index (Phi) is 6.67. The Morgan fingerprint density at radius 2 is 2.18 bits per heavy atom. The minimum absolute atomic E-state index is 0. The van der Waals surface area contributed by atoms with E-state index in [1.807, 2.05) is 6.92 Å². The number of rotatable bonds is 3. The van der Waals surface area contributed by atoms with Gasteiger partial charge in [0.25, 0.3) is 5.91 Å². The number of hydrogen-bond donors (Lipinski definition) is 1. The average Bonchev–Trinajstić information content (AvgIpc) is 2.26. The van der Waals surface area contributed by atoms with Crippen LogP contribution < -0.4 is 5.73 Å². The molecule has 0 aliphatic carbocycles. The highest BCUT2D eigenvalue weighted by atomic mass is 79.9. The first-order valence-corrected chi connectivity index (χ1v) is 5.69. The van der Waals surface area contributed by atoms with Gasteiger partial charge in [-0.1, -0.05) is 15.9 Å². The molecule has 1 rings (SSSR count).